The van der Waals surface area contributed by atoms with Crippen molar-refractivity contribution in [3.8, 4) is 43.9 Å². The lowest BCUT2D eigenvalue weighted by atomic mass is 9.85. The number of benzene rings is 4. The monoisotopic (exact) mass is 978 g/mol. The Bertz CT molecular complexity index is 2700. The molecule has 0 bridgehead atoms. The van der Waals surface area contributed by atoms with E-state index < -0.39 is 35.4 Å². The second kappa shape index (κ2) is 22.2. The Morgan fingerprint density at radius 1 is 0.870 bits per heavy atom. The number of halogens is 1. The Balaban J connectivity index is 0.734. The lowest BCUT2D eigenvalue weighted by Crippen LogP contribution is -2.58. The van der Waals surface area contributed by atoms with Crippen LogP contribution in [0.1, 0.15) is 38.4 Å². The topological polar surface area (TPSA) is 166 Å². The highest BCUT2D eigenvalue weighted by Gasteiger charge is 2.44. The maximum atomic E-state index is 14.0. The first-order chi connectivity index (χ1) is 33.2. The molecule has 2 saturated heterocycles. The number of piperazine rings is 1. The number of nitrogens with one attached hydrogen (secondary N) is 2. The second-order valence-electron chi connectivity index (χ2n) is 18.5. The van der Waals surface area contributed by atoms with Gasteiger partial charge in [-0.1, -0.05) is 57.2 Å². The van der Waals surface area contributed by atoms with Crippen molar-refractivity contribution in [2.24, 2.45) is 5.41 Å². The summed E-state index contributed by atoms with van der Waals surface area (Å²) >= 11 is 3.05. The fourth-order valence-electron chi connectivity index (χ4n) is 8.55. The molecule has 4 aromatic carbocycles. The number of carbonyl (C=O) groups is 3. The van der Waals surface area contributed by atoms with Crippen LogP contribution in [0.25, 0.3) is 31.0 Å². The normalized spacial score (nSPS) is 17.2. The molecule has 4 heterocycles. The molecule has 69 heavy (non-hydrogen) atoms. The maximum absolute atomic E-state index is 14.0. The van der Waals surface area contributed by atoms with E-state index in [-0.39, 0.29) is 43.6 Å². The van der Waals surface area contributed by atoms with Gasteiger partial charge >= 0.3 is 0 Å². The van der Waals surface area contributed by atoms with Crippen LogP contribution in [-0.2, 0) is 25.7 Å². The lowest BCUT2D eigenvalue weighted by molar-refractivity contribution is -0.144. The Morgan fingerprint density at radius 3 is 2.19 bits per heavy atom. The molecule has 3 atom stereocenters. The van der Waals surface area contributed by atoms with Crippen LogP contribution in [-0.4, -0.2) is 131 Å². The summed E-state index contributed by atoms with van der Waals surface area (Å²) < 4.78 is 32.8. The molecule has 4 N–H and O–H groups in total. The summed E-state index contributed by atoms with van der Waals surface area (Å²) in [5.41, 5.74) is 4.87. The number of nitrogens with zero attached hydrogens (tertiary/aromatic N) is 4. The van der Waals surface area contributed by atoms with Gasteiger partial charge in [0.2, 0.25) is 17.7 Å². The fourth-order valence-corrected chi connectivity index (χ4v) is 10.5. The van der Waals surface area contributed by atoms with E-state index in [1.165, 1.54) is 28.4 Å². The minimum atomic E-state index is -0.943. The summed E-state index contributed by atoms with van der Waals surface area (Å²) in [7, 11) is 0. The van der Waals surface area contributed by atoms with Crippen molar-refractivity contribution in [3.63, 3.8) is 0 Å². The summed E-state index contributed by atoms with van der Waals surface area (Å²) in [6.07, 6.45) is -0.757. The van der Waals surface area contributed by atoms with Gasteiger partial charge in [-0.25, -0.2) is 9.37 Å². The first-order valence-electron chi connectivity index (χ1n) is 23.2. The van der Waals surface area contributed by atoms with Crippen LogP contribution in [0.2, 0.25) is 0 Å². The van der Waals surface area contributed by atoms with E-state index in [4.69, 9.17) is 14.2 Å². The van der Waals surface area contributed by atoms with E-state index in [0.717, 1.165) is 80.7 Å². The highest BCUT2D eigenvalue weighted by atomic mass is 32.1. The third-order valence-electron chi connectivity index (χ3n) is 12.4. The smallest absolute Gasteiger partial charge is 0.246 e. The van der Waals surface area contributed by atoms with Gasteiger partial charge < -0.3 is 40.0 Å². The van der Waals surface area contributed by atoms with Gasteiger partial charge in [0.1, 0.15) is 48.4 Å². The number of phenols is 1. The maximum Gasteiger partial charge on any atom is 0.246 e. The molecule has 6 aromatic rings. The van der Waals surface area contributed by atoms with Gasteiger partial charge in [0, 0.05) is 68.9 Å². The highest BCUT2D eigenvalue weighted by Crippen LogP contribution is 2.47. The Labute approximate surface area is 409 Å². The van der Waals surface area contributed by atoms with E-state index in [1.807, 2.05) is 87.8 Å². The molecule has 0 saturated carbocycles. The van der Waals surface area contributed by atoms with Crippen LogP contribution in [0.4, 0.5) is 4.39 Å². The number of phenolic OH excluding ortho intramolecular Hbond substituents is 1. The zero-order chi connectivity index (χ0) is 48.7. The van der Waals surface area contributed by atoms with Crippen molar-refractivity contribution in [1.29, 1.82) is 0 Å². The van der Waals surface area contributed by atoms with Gasteiger partial charge in [0.25, 0.3) is 0 Å². The molecule has 2 fully saturated rings. The molecular weight excluding hydrogens is 920 g/mol. The van der Waals surface area contributed by atoms with Crippen molar-refractivity contribution in [2.75, 3.05) is 65.6 Å². The number of fused-ring (bicyclic) bond motifs is 1. The molecule has 14 nitrogen and oxygen atoms in total. The SMILES string of the molecule is Cc1ncsc1-c1ccc(CNC(=O)[C@@H]2C[C@@H](O)CN2C(=O)[C@@H](NC(=O)COCCN2CCN(CCOc3ccc(Oc4c(-c5ccc(F)cc5)sc5cc(O)ccc45)cc3)CC2)C(C)(C)C)cc1. The van der Waals surface area contributed by atoms with E-state index in [1.54, 1.807) is 35.6 Å². The average Bonchev–Trinajstić information content (AvgIpc) is 4.05. The van der Waals surface area contributed by atoms with Gasteiger partial charge in [-0.05, 0) is 83.6 Å². The van der Waals surface area contributed by atoms with E-state index in [0.29, 0.717) is 31.3 Å². The molecular formula is C52H59FN6O8S2. The van der Waals surface area contributed by atoms with Crippen LogP contribution in [0, 0.1) is 18.2 Å². The number of likely N-dealkylation sites (tertiary alicyclic amines) is 1. The van der Waals surface area contributed by atoms with Crippen LogP contribution >= 0.6 is 22.7 Å². The van der Waals surface area contributed by atoms with E-state index in [2.05, 4.69) is 25.4 Å². The van der Waals surface area contributed by atoms with Gasteiger partial charge in [0.15, 0.2) is 5.75 Å². The highest BCUT2D eigenvalue weighted by molar-refractivity contribution is 7.22. The molecule has 0 aliphatic carbocycles. The Kier molecular flexibility index (Phi) is 15.9. The third-order valence-corrected chi connectivity index (χ3v) is 14.6. The number of carbonyl (C=O) groups excluding carboxylic acids is 3. The molecule has 0 spiro atoms. The van der Waals surface area contributed by atoms with Crippen LogP contribution in [0.5, 0.6) is 23.0 Å². The molecule has 8 rings (SSSR count). The van der Waals surface area contributed by atoms with E-state index in [9.17, 15) is 29.0 Å². The molecule has 2 aliphatic rings. The average molecular weight is 979 g/mol. The van der Waals surface area contributed by atoms with E-state index >= 15 is 0 Å². The van der Waals surface area contributed by atoms with Gasteiger partial charge in [-0.3, -0.25) is 24.2 Å². The van der Waals surface area contributed by atoms with Crippen molar-refractivity contribution in [1.82, 2.24) is 30.3 Å². The molecule has 17 heteroatoms. The number of thiophene rings is 1. The first kappa shape index (κ1) is 49.5. The van der Waals surface area contributed by atoms with Crippen molar-refractivity contribution >= 4 is 50.5 Å². The van der Waals surface area contributed by atoms with Crippen LogP contribution < -0.4 is 20.1 Å². The minimum absolute atomic E-state index is 0.00445. The molecule has 0 radical (unpaired) electrons. The number of hydrogen-bond acceptors (Lipinski definition) is 13. The fraction of sp³-hybridized carbons (Fsp3) is 0.385. The lowest BCUT2D eigenvalue weighted by Gasteiger charge is -2.35. The summed E-state index contributed by atoms with van der Waals surface area (Å²) in [5, 5.41) is 27.3. The molecule has 2 aromatic heterocycles. The number of ether oxygens (including phenoxy) is 3. The molecule has 2 aliphatic heterocycles. The summed E-state index contributed by atoms with van der Waals surface area (Å²) in [5.74, 6) is 0.614. The second-order valence-corrected chi connectivity index (χ2v) is 20.5. The number of aliphatic hydroxyl groups is 1. The number of aromatic hydroxyl groups is 1. The number of aryl methyl sites for hydroxylation is 1. The summed E-state index contributed by atoms with van der Waals surface area (Å²) in [6, 6.07) is 24.9. The molecule has 0 unspecified atom stereocenters. The van der Waals surface area contributed by atoms with Crippen molar-refractivity contribution < 1.29 is 43.2 Å². The van der Waals surface area contributed by atoms with Gasteiger partial charge in [0.05, 0.1) is 33.7 Å². The third kappa shape index (κ3) is 12.6. The number of aromatic nitrogens is 1. The number of β-amino-alcohol motifs (C(OH)–C–C–N with tert-alkyl or cyclic N) is 1. The zero-order valence-corrected chi connectivity index (χ0v) is 40.9. The number of hydrogen-bond donors (Lipinski definition) is 4. The summed E-state index contributed by atoms with van der Waals surface area (Å²) in [4.78, 5) is 53.0. The van der Waals surface area contributed by atoms with Crippen molar-refractivity contribution in [3.05, 3.63) is 114 Å². The number of thiazole rings is 1. The minimum Gasteiger partial charge on any atom is -0.508 e. The van der Waals surface area contributed by atoms with Crippen molar-refractivity contribution in [2.45, 2.75) is 58.8 Å². The number of amides is 3. The predicted octanol–water partition coefficient (Wildman–Crippen LogP) is 7.46. The predicted molar refractivity (Wildman–Crippen MR) is 266 cm³/mol. The largest absolute Gasteiger partial charge is 0.508 e. The molecule has 364 valence electrons. The Hall–Kier alpha value is -5.95. The standard InChI is InChI=1S/C52H59FN6O8S2/c1-33-47(68-32-55-33)35-7-5-34(6-8-35)29-54-50(63)43-27-39(61)30-59(43)51(64)49(52(2,3)4)56-45(62)31-65-25-23-57-19-21-58(22-20-57)24-26-66-40-14-16-41(17-15-40)67-46-42-18-13-38(60)28-44(42)69-48(46)36-9-11-37(53)12-10-36/h5-18,28,32,39,43,49,60-61H,19-27,29-31H2,1-4H3,(H,54,63)(H,56,62)/t39-,43+,49-/m1/s1. The number of aliphatic hydroxyl groups excluding tert-OH is 1. The van der Waals surface area contributed by atoms with Crippen LogP contribution in [0.15, 0.2) is 96.5 Å². The zero-order valence-electron chi connectivity index (χ0n) is 39.3. The van der Waals surface area contributed by atoms with Crippen LogP contribution in [0.3, 0.4) is 0 Å². The molecule has 3 amide bonds. The summed E-state index contributed by atoms with van der Waals surface area (Å²) in [6.45, 7) is 13.3. The quantitative estimate of drug-likeness (QED) is 0.0632. The van der Waals surface area contributed by atoms with Gasteiger partial charge in [-0.15, -0.1) is 22.7 Å². The Morgan fingerprint density at radius 2 is 1.52 bits per heavy atom. The van der Waals surface area contributed by atoms with Gasteiger partial charge in [-0.2, -0.15) is 0 Å². The number of rotatable bonds is 18. The first-order valence-corrected chi connectivity index (χ1v) is 24.9.